The van der Waals surface area contributed by atoms with Crippen molar-refractivity contribution >= 4 is 5.97 Å². The topological polar surface area (TPSA) is 95.6 Å². The highest BCUT2D eigenvalue weighted by atomic mass is 16.4. The van der Waals surface area contributed by atoms with Crippen molar-refractivity contribution in [1.29, 1.82) is 0 Å². The molecule has 2 unspecified atom stereocenters. The van der Waals surface area contributed by atoms with Crippen LogP contribution in [0.4, 0.5) is 0 Å². The average molecular weight is 190 g/mol. The third-order valence-corrected chi connectivity index (χ3v) is 1.53. The normalized spacial score (nSPS) is 16.7. The molecule has 13 heavy (non-hydrogen) atoms. The number of nitrogens with two attached hydrogens (primary N) is 1. The van der Waals surface area contributed by atoms with Gasteiger partial charge in [-0.1, -0.05) is 0 Å². The summed E-state index contributed by atoms with van der Waals surface area (Å²) in [5.41, 5.74) is 5.16. The highest BCUT2D eigenvalue weighted by molar-refractivity contribution is 5.74. The third kappa shape index (κ3) is 5.57. The van der Waals surface area contributed by atoms with Gasteiger partial charge >= 0.3 is 5.97 Å². The van der Waals surface area contributed by atoms with E-state index in [0.29, 0.717) is 6.54 Å². The minimum absolute atomic E-state index is 0.342. The molecule has 78 valence electrons. The Hall–Kier alpha value is -0.650. The Balaban J connectivity index is 4.06. The third-order valence-electron chi connectivity index (χ3n) is 1.53. The monoisotopic (exact) mass is 190 g/mol. The molecule has 0 saturated carbocycles. The number of aliphatic carboxylic acids is 1. The number of carboxylic acids is 1. The van der Waals surface area contributed by atoms with E-state index in [1.807, 2.05) is 0 Å². The summed E-state index contributed by atoms with van der Waals surface area (Å²) in [4.78, 5) is 10.6. The molecule has 0 rings (SSSR count). The Morgan fingerprint density at radius 1 is 1.62 bits per heavy atom. The smallest absolute Gasteiger partial charge is 0.323 e. The SMILES string of the molecule is CC(O)C(NCC(C)(C)N)C(=O)O. The van der Waals surface area contributed by atoms with E-state index in [0.717, 1.165) is 0 Å². The fourth-order valence-electron chi connectivity index (χ4n) is 0.837. The summed E-state index contributed by atoms with van der Waals surface area (Å²) >= 11 is 0. The summed E-state index contributed by atoms with van der Waals surface area (Å²) in [6, 6.07) is -0.956. The largest absolute Gasteiger partial charge is 0.480 e. The van der Waals surface area contributed by atoms with E-state index in [2.05, 4.69) is 5.32 Å². The van der Waals surface area contributed by atoms with Gasteiger partial charge in [0.05, 0.1) is 6.10 Å². The van der Waals surface area contributed by atoms with Crippen LogP contribution in [-0.4, -0.2) is 40.4 Å². The Kier molecular flexibility index (Phi) is 4.32. The van der Waals surface area contributed by atoms with Crippen molar-refractivity contribution in [2.24, 2.45) is 5.73 Å². The maximum Gasteiger partial charge on any atom is 0.323 e. The van der Waals surface area contributed by atoms with Crippen LogP contribution in [-0.2, 0) is 4.79 Å². The van der Waals surface area contributed by atoms with Gasteiger partial charge in [0.1, 0.15) is 6.04 Å². The molecule has 2 atom stereocenters. The summed E-state index contributed by atoms with van der Waals surface area (Å²) in [6.07, 6.45) is -0.931. The van der Waals surface area contributed by atoms with Crippen molar-refractivity contribution in [2.75, 3.05) is 6.54 Å². The van der Waals surface area contributed by atoms with Crippen LogP contribution in [0.3, 0.4) is 0 Å². The average Bonchev–Trinajstić information content (AvgIpc) is 1.82. The quantitative estimate of drug-likeness (QED) is 0.453. The highest BCUT2D eigenvalue weighted by Gasteiger charge is 2.24. The van der Waals surface area contributed by atoms with Crippen LogP contribution in [0.25, 0.3) is 0 Å². The van der Waals surface area contributed by atoms with Gasteiger partial charge in [0, 0.05) is 12.1 Å². The van der Waals surface area contributed by atoms with E-state index in [1.54, 1.807) is 13.8 Å². The lowest BCUT2D eigenvalue weighted by atomic mass is 10.1. The van der Waals surface area contributed by atoms with Gasteiger partial charge < -0.3 is 21.3 Å². The van der Waals surface area contributed by atoms with Gasteiger partial charge in [-0.05, 0) is 20.8 Å². The molecular formula is C8H18N2O3. The molecule has 0 bridgehead atoms. The van der Waals surface area contributed by atoms with Gasteiger partial charge in [-0.25, -0.2) is 0 Å². The summed E-state index contributed by atoms with van der Waals surface area (Å²) in [5.74, 6) is -1.07. The van der Waals surface area contributed by atoms with E-state index < -0.39 is 23.7 Å². The van der Waals surface area contributed by atoms with Gasteiger partial charge in [0.2, 0.25) is 0 Å². The molecule has 0 aromatic heterocycles. The second-order valence-electron chi connectivity index (χ2n) is 3.93. The first-order valence-corrected chi connectivity index (χ1v) is 4.17. The number of hydrogen-bond donors (Lipinski definition) is 4. The van der Waals surface area contributed by atoms with Crippen LogP contribution < -0.4 is 11.1 Å². The zero-order valence-corrected chi connectivity index (χ0v) is 8.24. The minimum atomic E-state index is -1.07. The van der Waals surface area contributed by atoms with E-state index in [4.69, 9.17) is 15.9 Å². The molecule has 0 aromatic rings. The number of aliphatic hydroxyl groups is 1. The van der Waals surface area contributed by atoms with Crippen LogP contribution in [0, 0.1) is 0 Å². The van der Waals surface area contributed by atoms with Crippen molar-refractivity contribution in [3.8, 4) is 0 Å². The first-order chi connectivity index (χ1) is 5.74. The molecule has 0 spiro atoms. The molecule has 0 aliphatic carbocycles. The Morgan fingerprint density at radius 3 is 2.31 bits per heavy atom. The second-order valence-corrected chi connectivity index (χ2v) is 3.93. The lowest BCUT2D eigenvalue weighted by molar-refractivity contribution is -0.142. The Labute approximate surface area is 77.9 Å². The first kappa shape index (κ1) is 12.3. The molecule has 0 fully saturated rings. The zero-order chi connectivity index (χ0) is 10.6. The van der Waals surface area contributed by atoms with Crippen molar-refractivity contribution in [1.82, 2.24) is 5.32 Å². The molecule has 0 aromatic carbocycles. The number of nitrogens with one attached hydrogen (secondary N) is 1. The summed E-state index contributed by atoms with van der Waals surface area (Å²) in [7, 11) is 0. The van der Waals surface area contributed by atoms with Crippen LogP contribution >= 0.6 is 0 Å². The van der Waals surface area contributed by atoms with Gasteiger partial charge in [-0.3, -0.25) is 4.79 Å². The van der Waals surface area contributed by atoms with Crippen LogP contribution in [0.15, 0.2) is 0 Å². The molecule has 0 aliphatic rings. The number of aliphatic hydroxyl groups excluding tert-OH is 1. The van der Waals surface area contributed by atoms with E-state index in [9.17, 15) is 4.79 Å². The molecule has 0 amide bonds. The summed E-state index contributed by atoms with van der Waals surface area (Å²) < 4.78 is 0. The Bertz CT molecular complexity index is 175. The Morgan fingerprint density at radius 2 is 2.08 bits per heavy atom. The van der Waals surface area contributed by atoms with Crippen LogP contribution in [0.5, 0.6) is 0 Å². The number of carbonyl (C=O) groups is 1. The number of rotatable bonds is 5. The minimum Gasteiger partial charge on any atom is -0.480 e. The van der Waals surface area contributed by atoms with Crippen LogP contribution in [0.1, 0.15) is 20.8 Å². The summed E-state index contributed by atoms with van der Waals surface area (Å²) in [6.45, 7) is 5.33. The molecule has 0 heterocycles. The number of hydrogen-bond acceptors (Lipinski definition) is 4. The second kappa shape index (κ2) is 4.55. The van der Waals surface area contributed by atoms with Gasteiger partial charge in [0.25, 0.3) is 0 Å². The van der Waals surface area contributed by atoms with E-state index >= 15 is 0 Å². The van der Waals surface area contributed by atoms with Crippen molar-refractivity contribution < 1.29 is 15.0 Å². The maximum absolute atomic E-state index is 10.6. The standard InChI is InChI=1S/C8H18N2O3/c1-5(11)6(7(12)13)10-4-8(2,3)9/h5-6,10-11H,4,9H2,1-3H3,(H,12,13). The predicted molar refractivity (Wildman–Crippen MR) is 49.4 cm³/mol. The van der Waals surface area contributed by atoms with Gasteiger partial charge in [-0.2, -0.15) is 0 Å². The fraction of sp³-hybridized carbons (Fsp3) is 0.875. The van der Waals surface area contributed by atoms with E-state index in [-0.39, 0.29) is 0 Å². The zero-order valence-electron chi connectivity index (χ0n) is 8.24. The predicted octanol–water partition coefficient (Wildman–Crippen LogP) is -0.853. The highest BCUT2D eigenvalue weighted by Crippen LogP contribution is 1.97. The lowest BCUT2D eigenvalue weighted by Crippen LogP contribution is -2.52. The maximum atomic E-state index is 10.6. The molecule has 5 N–H and O–H groups in total. The van der Waals surface area contributed by atoms with Gasteiger partial charge in [-0.15, -0.1) is 0 Å². The van der Waals surface area contributed by atoms with Crippen molar-refractivity contribution in [3.63, 3.8) is 0 Å². The number of carboxylic acid groups (broad SMARTS) is 1. The van der Waals surface area contributed by atoms with E-state index in [1.165, 1.54) is 6.92 Å². The molecular weight excluding hydrogens is 172 g/mol. The molecule has 0 saturated heterocycles. The lowest BCUT2D eigenvalue weighted by Gasteiger charge is -2.23. The van der Waals surface area contributed by atoms with Crippen LogP contribution in [0.2, 0.25) is 0 Å². The molecule has 5 heteroatoms. The molecule has 5 nitrogen and oxygen atoms in total. The summed E-state index contributed by atoms with van der Waals surface area (Å²) in [5, 5.41) is 20.5. The fourth-order valence-corrected chi connectivity index (χ4v) is 0.837. The first-order valence-electron chi connectivity index (χ1n) is 4.17. The molecule has 0 radical (unpaired) electrons. The molecule has 0 aliphatic heterocycles. The van der Waals surface area contributed by atoms with Crippen molar-refractivity contribution in [3.05, 3.63) is 0 Å². The van der Waals surface area contributed by atoms with Crippen molar-refractivity contribution in [2.45, 2.75) is 38.5 Å². The van der Waals surface area contributed by atoms with Gasteiger partial charge in [0.15, 0.2) is 0 Å².